The fraction of sp³-hybridized carbons (Fsp3) is 0.235. The molecule has 0 radical (unpaired) electrons. The summed E-state index contributed by atoms with van der Waals surface area (Å²) in [4.78, 5) is 12.3. The van der Waals surface area contributed by atoms with Crippen molar-refractivity contribution < 1.29 is 13.2 Å². The van der Waals surface area contributed by atoms with E-state index in [1.807, 2.05) is 37.3 Å². The van der Waals surface area contributed by atoms with Gasteiger partial charge in [0.25, 0.3) is 5.91 Å². The quantitative estimate of drug-likeness (QED) is 0.922. The first kappa shape index (κ1) is 16.2. The molecule has 0 bridgehead atoms. The molecule has 0 aliphatic carbocycles. The molecule has 2 rings (SSSR count). The lowest BCUT2D eigenvalue weighted by atomic mass is 10.0. The highest BCUT2D eigenvalue weighted by Gasteiger charge is 2.11. The number of carbonyl (C=O) groups is 1. The smallest absolute Gasteiger partial charge is 0.251 e. The Morgan fingerprint density at radius 1 is 1.05 bits per heavy atom. The van der Waals surface area contributed by atoms with Gasteiger partial charge in [-0.15, -0.1) is 0 Å². The summed E-state index contributed by atoms with van der Waals surface area (Å²) in [5.41, 5.74) is 1.61. The number of carbonyl (C=O) groups excluding carboxylic acids is 1. The van der Waals surface area contributed by atoms with E-state index in [0.29, 0.717) is 12.1 Å². The van der Waals surface area contributed by atoms with Crippen LogP contribution in [0, 0.1) is 0 Å². The SMILES string of the molecule is C[C@H](CNC(=O)c1ccc(S(C)(=O)=O)cc1)c1ccccc1. The lowest BCUT2D eigenvalue weighted by Gasteiger charge is -2.13. The standard InChI is InChI=1S/C17H19NO3S/c1-13(14-6-4-3-5-7-14)12-18-17(19)15-8-10-16(11-9-15)22(2,20)21/h3-11,13H,12H2,1-2H3,(H,18,19)/t13-/m1/s1. The Labute approximate surface area is 131 Å². The number of sulfone groups is 1. The van der Waals surface area contributed by atoms with Gasteiger partial charge in [0.15, 0.2) is 9.84 Å². The Morgan fingerprint density at radius 3 is 2.18 bits per heavy atom. The maximum Gasteiger partial charge on any atom is 0.251 e. The van der Waals surface area contributed by atoms with Crippen molar-refractivity contribution in [2.24, 2.45) is 0 Å². The molecule has 22 heavy (non-hydrogen) atoms. The minimum Gasteiger partial charge on any atom is -0.351 e. The minimum absolute atomic E-state index is 0.206. The zero-order chi connectivity index (χ0) is 16.2. The molecule has 0 saturated heterocycles. The van der Waals surface area contributed by atoms with Crippen molar-refractivity contribution in [3.8, 4) is 0 Å². The summed E-state index contributed by atoms with van der Waals surface area (Å²) in [6, 6.07) is 15.9. The first-order valence-corrected chi connectivity index (χ1v) is 8.90. The lowest BCUT2D eigenvalue weighted by Crippen LogP contribution is -2.27. The summed E-state index contributed by atoms with van der Waals surface area (Å²) in [6.45, 7) is 2.57. The summed E-state index contributed by atoms with van der Waals surface area (Å²) < 4.78 is 22.8. The van der Waals surface area contributed by atoms with Gasteiger partial charge in [0.1, 0.15) is 0 Å². The van der Waals surface area contributed by atoms with E-state index < -0.39 is 9.84 Å². The topological polar surface area (TPSA) is 63.2 Å². The normalized spacial score (nSPS) is 12.6. The zero-order valence-corrected chi connectivity index (χ0v) is 13.4. The van der Waals surface area contributed by atoms with Crippen LogP contribution in [0.4, 0.5) is 0 Å². The molecule has 116 valence electrons. The second-order valence-electron chi connectivity index (χ2n) is 5.32. The average molecular weight is 317 g/mol. The van der Waals surface area contributed by atoms with Crippen molar-refractivity contribution in [3.05, 3.63) is 65.7 Å². The van der Waals surface area contributed by atoms with Crippen molar-refractivity contribution in [3.63, 3.8) is 0 Å². The van der Waals surface area contributed by atoms with E-state index in [1.54, 1.807) is 0 Å². The molecule has 0 saturated carbocycles. The van der Waals surface area contributed by atoms with Gasteiger partial charge in [-0.3, -0.25) is 4.79 Å². The molecule has 0 aliphatic rings. The molecule has 2 aromatic rings. The molecular formula is C17H19NO3S. The molecule has 5 heteroatoms. The molecule has 1 amide bonds. The highest BCUT2D eigenvalue weighted by molar-refractivity contribution is 7.90. The molecule has 1 N–H and O–H groups in total. The molecule has 0 aliphatic heterocycles. The van der Waals surface area contributed by atoms with Gasteiger partial charge in [0.05, 0.1) is 4.90 Å². The number of rotatable bonds is 5. The third-order valence-electron chi connectivity index (χ3n) is 3.48. The van der Waals surface area contributed by atoms with E-state index in [2.05, 4.69) is 5.32 Å². The van der Waals surface area contributed by atoms with Crippen LogP contribution in [0.1, 0.15) is 28.8 Å². The van der Waals surface area contributed by atoms with Gasteiger partial charge in [-0.05, 0) is 35.7 Å². The third-order valence-corrected chi connectivity index (χ3v) is 4.61. The molecule has 0 heterocycles. The van der Waals surface area contributed by atoms with E-state index in [4.69, 9.17) is 0 Å². The zero-order valence-electron chi connectivity index (χ0n) is 12.6. The molecular weight excluding hydrogens is 298 g/mol. The monoisotopic (exact) mass is 317 g/mol. The van der Waals surface area contributed by atoms with Crippen LogP contribution < -0.4 is 5.32 Å². The van der Waals surface area contributed by atoms with Crippen LogP contribution in [-0.4, -0.2) is 27.1 Å². The van der Waals surface area contributed by atoms with E-state index in [1.165, 1.54) is 24.3 Å². The molecule has 0 fully saturated rings. The summed E-state index contributed by atoms with van der Waals surface area (Å²) in [7, 11) is -3.24. The highest BCUT2D eigenvalue weighted by atomic mass is 32.2. The fourth-order valence-electron chi connectivity index (χ4n) is 2.10. The van der Waals surface area contributed by atoms with Gasteiger partial charge in [-0.25, -0.2) is 8.42 Å². The molecule has 0 unspecified atom stereocenters. The summed E-state index contributed by atoms with van der Waals surface area (Å²) in [6.07, 6.45) is 1.14. The molecule has 4 nitrogen and oxygen atoms in total. The van der Waals surface area contributed by atoms with E-state index in [-0.39, 0.29) is 16.7 Å². The van der Waals surface area contributed by atoms with Crippen molar-refractivity contribution in [2.75, 3.05) is 12.8 Å². The minimum atomic E-state index is -3.24. The Balaban J connectivity index is 1.98. The number of hydrogen-bond acceptors (Lipinski definition) is 3. The van der Waals surface area contributed by atoms with Crippen LogP contribution in [0.5, 0.6) is 0 Å². The van der Waals surface area contributed by atoms with Crippen LogP contribution in [-0.2, 0) is 9.84 Å². The third kappa shape index (κ3) is 4.18. The summed E-state index contributed by atoms with van der Waals surface area (Å²) in [5.74, 6) is 0.00303. The largest absolute Gasteiger partial charge is 0.351 e. The Kier molecular flexibility index (Phi) is 4.98. The molecule has 1 atom stereocenters. The van der Waals surface area contributed by atoms with Crippen LogP contribution in [0.3, 0.4) is 0 Å². The van der Waals surface area contributed by atoms with Crippen LogP contribution in [0.2, 0.25) is 0 Å². The van der Waals surface area contributed by atoms with Gasteiger partial charge < -0.3 is 5.32 Å². The van der Waals surface area contributed by atoms with Gasteiger partial charge in [-0.1, -0.05) is 37.3 Å². The second-order valence-corrected chi connectivity index (χ2v) is 7.33. The highest BCUT2D eigenvalue weighted by Crippen LogP contribution is 2.14. The first-order valence-electron chi connectivity index (χ1n) is 7.01. The fourth-order valence-corrected chi connectivity index (χ4v) is 2.73. The van der Waals surface area contributed by atoms with Crippen LogP contribution in [0.25, 0.3) is 0 Å². The number of hydrogen-bond donors (Lipinski definition) is 1. The molecule has 2 aromatic carbocycles. The summed E-state index contributed by atoms with van der Waals surface area (Å²) in [5, 5.41) is 2.87. The van der Waals surface area contributed by atoms with E-state index in [0.717, 1.165) is 11.8 Å². The van der Waals surface area contributed by atoms with Crippen molar-refractivity contribution in [1.29, 1.82) is 0 Å². The van der Waals surface area contributed by atoms with Gasteiger partial charge >= 0.3 is 0 Å². The van der Waals surface area contributed by atoms with Crippen molar-refractivity contribution in [1.82, 2.24) is 5.32 Å². The van der Waals surface area contributed by atoms with Gasteiger partial charge in [0.2, 0.25) is 0 Å². The molecule has 0 spiro atoms. The Morgan fingerprint density at radius 2 is 1.64 bits per heavy atom. The number of benzene rings is 2. The Hall–Kier alpha value is -2.14. The maximum absolute atomic E-state index is 12.1. The number of nitrogens with one attached hydrogen (secondary N) is 1. The maximum atomic E-state index is 12.1. The van der Waals surface area contributed by atoms with E-state index >= 15 is 0 Å². The van der Waals surface area contributed by atoms with Crippen LogP contribution in [0.15, 0.2) is 59.5 Å². The van der Waals surface area contributed by atoms with Crippen molar-refractivity contribution in [2.45, 2.75) is 17.7 Å². The molecule has 0 aromatic heterocycles. The predicted molar refractivity (Wildman–Crippen MR) is 86.7 cm³/mol. The lowest BCUT2D eigenvalue weighted by molar-refractivity contribution is 0.0951. The predicted octanol–water partition coefficient (Wildman–Crippen LogP) is 2.62. The summed E-state index contributed by atoms with van der Waals surface area (Å²) >= 11 is 0. The van der Waals surface area contributed by atoms with E-state index in [9.17, 15) is 13.2 Å². The van der Waals surface area contributed by atoms with Gasteiger partial charge in [0, 0.05) is 18.4 Å². The number of amides is 1. The first-order chi connectivity index (χ1) is 10.4. The Bertz CT molecular complexity index is 737. The second kappa shape index (κ2) is 6.75. The van der Waals surface area contributed by atoms with Gasteiger partial charge in [-0.2, -0.15) is 0 Å². The van der Waals surface area contributed by atoms with Crippen molar-refractivity contribution >= 4 is 15.7 Å². The average Bonchev–Trinajstić information content (AvgIpc) is 2.52. The van der Waals surface area contributed by atoms with Crippen LogP contribution >= 0.6 is 0 Å².